The van der Waals surface area contributed by atoms with Crippen LogP contribution < -0.4 is 10.9 Å². The molecule has 0 spiro atoms. The SMILES string of the molecule is CCN1CCCCC1CNC(=O)Cn1nc(C)ccc1=O. The van der Waals surface area contributed by atoms with Gasteiger partial charge < -0.3 is 5.32 Å². The molecule has 1 aromatic rings. The molecule has 21 heavy (non-hydrogen) atoms. The van der Waals surface area contributed by atoms with Crippen LogP contribution in [-0.2, 0) is 11.3 Å². The van der Waals surface area contributed by atoms with E-state index >= 15 is 0 Å². The Morgan fingerprint density at radius 2 is 2.24 bits per heavy atom. The number of nitrogens with zero attached hydrogens (tertiary/aromatic N) is 3. The van der Waals surface area contributed by atoms with Gasteiger partial charge in [-0.15, -0.1) is 0 Å². The zero-order chi connectivity index (χ0) is 15.2. The van der Waals surface area contributed by atoms with Gasteiger partial charge in [-0.25, -0.2) is 4.68 Å². The van der Waals surface area contributed by atoms with E-state index in [1.165, 1.54) is 23.6 Å². The Bertz CT molecular complexity index is 541. The standard InChI is InChI=1S/C15H24N4O2/c1-3-18-9-5-4-6-13(18)10-16-14(20)11-19-15(21)8-7-12(2)17-19/h7-8,13H,3-6,9-11H2,1-2H3,(H,16,20). The summed E-state index contributed by atoms with van der Waals surface area (Å²) in [5.74, 6) is -0.156. The minimum Gasteiger partial charge on any atom is -0.353 e. The summed E-state index contributed by atoms with van der Waals surface area (Å²) in [4.78, 5) is 26.0. The first-order valence-corrected chi connectivity index (χ1v) is 7.65. The molecule has 0 aromatic carbocycles. The molecule has 116 valence electrons. The van der Waals surface area contributed by atoms with E-state index in [9.17, 15) is 9.59 Å². The molecule has 0 saturated carbocycles. The van der Waals surface area contributed by atoms with E-state index in [2.05, 4.69) is 22.2 Å². The molecule has 1 fully saturated rings. The molecule has 0 aliphatic carbocycles. The second kappa shape index (κ2) is 7.36. The summed E-state index contributed by atoms with van der Waals surface area (Å²) in [5.41, 5.74) is 0.482. The highest BCUT2D eigenvalue weighted by atomic mass is 16.2. The Balaban J connectivity index is 1.87. The predicted molar refractivity (Wildman–Crippen MR) is 81.1 cm³/mol. The second-order valence-electron chi connectivity index (χ2n) is 5.55. The van der Waals surface area contributed by atoms with Gasteiger partial charge in [0.05, 0.1) is 5.69 Å². The summed E-state index contributed by atoms with van der Waals surface area (Å²) in [6.07, 6.45) is 3.58. The lowest BCUT2D eigenvalue weighted by molar-refractivity contribution is -0.122. The van der Waals surface area contributed by atoms with Gasteiger partial charge in [0.1, 0.15) is 6.54 Å². The van der Waals surface area contributed by atoms with Gasteiger partial charge in [0.2, 0.25) is 5.91 Å². The molecule has 0 radical (unpaired) electrons. The van der Waals surface area contributed by atoms with Crippen molar-refractivity contribution in [3.8, 4) is 0 Å². The third-order valence-corrected chi connectivity index (χ3v) is 3.98. The highest BCUT2D eigenvalue weighted by molar-refractivity contribution is 5.75. The van der Waals surface area contributed by atoms with Crippen LogP contribution in [0.4, 0.5) is 0 Å². The fraction of sp³-hybridized carbons (Fsp3) is 0.667. The molecule has 1 aliphatic heterocycles. The Morgan fingerprint density at radius 3 is 3.00 bits per heavy atom. The van der Waals surface area contributed by atoms with Crippen molar-refractivity contribution in [3.05, 3.63) is 28.2 Å². The van der Waals surface area contributed by atoms with Crippen LogP contribution in [0.15, 0.2) is 16.9 Å². The highest BCUT2D eigenvalue weighted by Crippen LogP contribution is 2.15. The molecule has 0 bridgehead atoms. The molecular formula is C15H24N4O2. The number of amides is 1. The first kappa shape index (κ1) is 15.7. The van der Waals surface area contributed by atoms with Crippen molar-refractivity contribution in [2.75, 3.05) is 19.6 Å². The van der Waals surface area contributed by atoms with Crippen molar-refractivity contribution in [1.82, 2.24) is 20.0 Å². The number of likely N-dealkylation sites (tertiary alicyclic amines) is 1. The maximum atomic E-state index is 12.0. The molecule has 1 amide bonds. The van der Waals surface area contributed by atoms with Crippen LogP contribution in [0.2, 0.25) is 0 Å². The first-order valence-electron chi connectivity index (χ1n) is 7.65. The number of carbonyl (C=O) groups excluding carboxylic acids is 1. The summed E-state index contributed by atoms with van der Waals surface area (Å²) in [7, 11) is 0. The molecule has 2 heterocycles. The minimum absolute atomic E-state index is 0.0145. The van der Waals surface area contributed by atoms with Crippen molar-refractivity contribution >= 4 is 5.91 Å². The summed E-state index contributed by atoms with van der Waals surface area (Å²) in [5, 5.41) is 7.00. The normalized spacial score (nSPS) is 19.4. The van der Waals surface area contributed by atoms with Crippen LogP contribution >= 0.6 is 0 Å². The smallest absolute Gasteiger partial charge is 0.267 e. The molecule has 2 rings (SSSR count). The number of piperidine rings is 1. The first-order chi connectivity index (χ1) is 10.1. The summed E-state index contributed by atoms with van der Waals surface area (Å²) in [6.45, 7) is 6.70. The Morgan fingerprint density at radius 1 is 1.43 bits per heavy atom. The number of rotatable bonds is 5. The topological polar surface area (TPSA) is 67.2 Å². The molecule has 1 unspecified atom stereocenters. The van der Waals surface area contributed by atoms with Gasteiger partial charge >= 0.3 is 0 Å². The number of hydrogen-bond donors (Lipinski definition) is 1. The summed E-state index contributed by atoms with van der Waals surface area (Å²) >= 11 is 0. The number of carbonyl (C=O) groups is 1. The van der Waals surface area contributed by atoms with Gasteiger partial charge in [-0.3, -0.25) is 14.5 Å². The van der Waals surface area contributed by atoms with Gasteiger partial charge in [-0.05, 0) is 38.9 Å². The second-order valence-corrected chi connectivity index (χ2v) is 5.55. The van der Waals surface area contributed by atoms with Gasteiger partial charge in [-0.1, -0.05) is 13.3 Å². The summed E-state index contributed by atoms with van der Waals surface area (Å²) < 4.78 is 1.21. The van der Waals surface area contributed by atoms with E-state index in [1.807, 2.05) is 0 Å². The fourth-order valence-corrected chi connectivity index (χ4v) is 2.80. The zero-order valence-corrected chi connectivity index (χ0v) is 12.8. The summed E-state index contributed by atoms with van der Waals surface area (Å²) in [6, 6.07) is 3.50. The largest absolute Gasteiger partial charge is 0.353 e. The van der Waals surface area contributed by atoms with E-state index < -0.39 is 0 Å². The number of aryl methyl sites for hydroxylation is 1. The van der Waals surface area contributed by atoms with E-state index in [0.29, 0.717) is 12.6 Å². The lowest BCUT2D eigenvalue weighted by atomic mass is 10.0. The van der Waals surface area contributed by atoms with E-state index in [0.717, 1.165) is 25.2 Å². The van der Waals surface area contributed by atoms with Gasteiger partial charge in [-0.2, -0.15) is 5.10 Å². The quantitative estimate of drug-likeness (QED) is 0.860. The van der Waals surface area contributed by atoms with Crippen LogP contribution in [-0.4, -0.2) is 46.3 Å². The van der Waals surface area contributed by atoms with E-state index in [-0.39, 0.29) is 18.0 Å². The minimum atomic E-state index is -0.247. The molecule has 6 heteroatoms. The lowest BCUT2D eigenvalue weighted by Gasteiger charge is -2.34. The van der Waals surface area contributed by atoms with Crippen LogP contribution in [0, 0.1) is 6.92 Å². The Kier molecular flexibility index (Phi) is 5.50. The molecule has 1 saturated heterocycles. The average molecular weight is 292 g/mol. The molecule has 6 nitrogen and oxygen atoms in total. The maximum absolute atomic E-state index is 12.0. The Labute approximate surface area is 125 Å². The number of hydrogen-bond acceptors (Lipinski definition) is 4. The van der Waals surface area contributed by atoms with Crippen molar-refractivity contribution < 1.29 is 4.79 Å². The highest BCUT2D eigenvalue weighted by Gasteiger charge is 2.21. The van der Waals surface area contributed by atoms with Crippen LogP contribution in [0.3, 0.4) is 0 Å². The van der Waals surface area contributed by atoms with E-state index in [4.69, 9.17) is 0 Å². The molecule has 1 N–H and O–H groups in total. The van der Waals surface area contributed by atoms with Crippen LogP contribution in [0.1, 0.15) is 31.9 Å². The number of nitrogens with one attached hydrogen (secondary N) is 1. The van der Waals surface area contributed by atoms with Gasteiger partial charge in [0.15, 0.2) is 0 Å². The predicted octanol–water partition coefficient (Wildman–Crippen LogP) is 0.542. The third-order valence-electron chi connectivity index (χ3n) is 3.98. The number of aromatic nitrogens is 2. The molecule has 1 aromatic heterocycles. The van der Waals surface area contributed by atoms with Gasteiger partial charge in [0, 0.05) is 18.7 Å². The Hall–Kier alpha value is -1.69. The maximum Gasteiger partial charge on any atom is 0.267 e. The van der Waals surface area contributed by atoms with Crippen LogP contribution in [0.5, 0.6) is 0 Å². The molecule has 1 atom stereocenters. The average Bonchev–Trinajstić information content (AvgIpc) is 2.49. The molecular weight excluding hydrogens is 268 g/mol. The van der Waals surface area contributed by atoms with Crippen molar-refractivity contribution in [1.29, 1.82) is 0 Å². The van der Waals surface area contributed by atoms with Crippen LogP contribution in [0.25, 0.3) is 0 Å². The van der Waals surface area contributed by atoms with Crippen molar-refractivity contribution in [2.45, 2.75) is 45.7 Å². The van der Waals surface area contributed by atoms with Crippen molar-refractivity contribution in [3.63, 3.8) is 0 Å². The van der Waals surface area contributed by atoms with Crippen molar-refractivity contribution in [2.24, 2.45) is 0 Å². The fourth-order valence-electron chi connectivity index (χ4n) is 2.80. The van der Waals surface area contributed by atoms with Gasteiger partial charge in [0.25, 0.3) is 5.56 Å². The monoisotopic (exact) mass is 292 g/mol. The third kappa shape index (κ3) is 4.39. The van der Waals surface area contributed by atoms with E-state index in [1.54, 1.807) is 13.0 Å². The number of likely N-dealkylation sites (N-methyl/N-ethyl adjacent to an activating group) is 1. The zero-order valence-electron chi connectivity index (χ0n) is 12.8. The molecule has 1 aliphatic rings. The lowest BCUT2D eigenvalue weighted by Crippen LogP contribution is -2.47.